The Hall–Kier alpha value is -1.42. The van der Waals surface area contributed by atoms with Crippen molar-refractivity contribution in [3.63, 3.8) is 0 Å². The summed E-state index contributed by atoms with van der Waals surface area (Å²) in [5, 5.41) is 13.9. The van der Waals surface area contributed by atoms with Crippen LogP contribution in [0.5, 0.6) is 0 Å². The first-order valence-corrected chi connectivity index (χ1v) is 6.53. The van der Waals surface area contributed by atoms with Crippen LogP contribution in [0.25, 0.3) is 0 Å². The summed E-state index contributed by atoms with van der Waals surface area (Å²) >= 11 is 0. The maximum absolute atomic E-state index is 10.7. The molecule has 0 radical (unpaired) electrons. The molecule has 0 saturated carbocycles. The average Bonchev–Trinajstić information content (AvgIpc) is 2.43. The van der Waals surface area contributed by atoms with Crippen molar-refractivity contribution < 1.29 is 5.11 Å². The van der Waals surface area contributed by atoms with Crippen LogP contribution in [-0.2, 0) is 6.42 Å². The van der Waals surface area contributed by atoms with Crippen molar-refractivity contribution >= 4 is 0 Å². The minimum absolute atomic E-state index is 0.0574. The van der Waals surface area contributed by atoms with Crippen molar-refractivity contribution in [2.45, 2.75) is 26.2 Å². The van der Waals surface area contributed by atoms with E-state index in [4.69, 9.17) is 0 Å². The average molecular weight is 250 g/mol. The van der Waals surface area contributed by atoms with Crippen LogP contribution >= 0.6 is 0 Å². The summed E-state index contributed by atoms with van der Waals surface area (Å²) in [7, 11) is 0. The van der Waals surface area contributed by atoms with E-state index in [0.29, 0.717) is 13.1 Å². The van der Waals surface area contributed by atoms with Gasteiger partial charge in [0.05, 0.1) is 5.29 Å². The van der Waals surface area contributed by atoms with Crippen LogP contribution in [-0.4, -0.2) is 29.8 Å². The molecule has 1 aromatic rings. The van der Waals surface area contributed by atoms with Gasteiger partial charge in [0, 0.05) is 25.6 Å². The quantitative estimate of drug-likeness (QED) is 0.541. The lowest BCUT2D eigenvalue weighted by atomic mass is 10.00. The fraction of sp³-hybridized carbons (Fsp3) is 0.571. The van der Waals surface area contributed by atoms with Gasteiger partial charge in [-0.25, -0.2) is 0 Å². The third-order valence-corrected chi connectivity index (χ3v) is 2.98. The zero-order valence-corrected chi connectivity index (χ0v) is 11.0. The summed E-state index contributed by atoms with van der Waals surface area (Å²) in [5.74, 6) is 0.0574. The minimum Gasteiger partial charge on any atom is -0.396 e. The van der Waals surface area contributed by atoms with E-state index in [9.17, 15) is 10.0 Å². The van der Waals surface area contributed by atoms with Crippen molar-refractivity contribution in [3.05, 3.63) is 40.8 Å². The van der Waals surface area contributed by atoms with E-state index in [2.05, 4.69) is 12.2 Å². The third-order valence-electron chi connectivity index (χ3n) is 2.98. The Morgan fingerprint density at radius 2 is 2.06 bits per heavy atom. The van der Waals surface area contributed by atoms with Crippen LogP contribution < -0.4 is 0 Å². The fourth-order valence-electron chi connectivity index (χ4n) is 1.94. The lowest BCUT2D eigenvalue weighted by Gasteiger charge is -2.21. The third kappa shape index (κ3) is 5.27. The molecule has 0 bridgehead atoms. The molecule has 0 aliphatic heterocycles. The van der Waals surface area contributed by atoms with Crippen molar-refractivity contribution in [1.29, 1.82) is 0 Å². The molecule has 100 valence electrons. The molecular weight excluding hydrogens is 228 g/mol. The minimum atomic E-state index is 0.0574. The summed E-state index contributed by atoms with van der Waals surface area (Å²) in [6.45, 7) is 3.35. The predicted molar refractivity (Wildman–Crippen MR) is 73.0 cm³/mol. The van der Waals surface area contributed by atoms with Crippen LogP contribution in [0.3, 0.4) is 0 Å². The van der Waals surface area contributed by atoms with E-state index in [1.54, 1.807) is 0 Å². The largest absolute Gasteiger partial charge is 0.396 e. The highest BCUT2D eigenvalue weighted by atomic mass is 16.3. The molecule has 1 unspecified atom stereocenters. The molecule has 4 nitrogen and oxygen atoms in total. The number of nitroso groups, excluding NO2 is 1. The lowest BCUT2D eigenvalue weighted by molar-refractivity contribution is 0.163. The Bertz CT molecular complexity index is 330. The Morgan fingerprint density at radius 1 is 1.33 bits per heavy atom. The van der Waals surface area contributed by atoms with Gasteiger partial charge >= 0.3 is 0 Å². The molecule has 0 amide bonds. The van der Waals surface area contributed by atoms with Gasteiger partial charge < -0.3 is 5.11 Å². The summed E-state index contributed by atoms with van der Waals surface area (Å²) < 4.78 is 0. The van der Waals surface area contributed by atoms with Gasteiger partial charge in [0.2, 0.25) is 0 Å². The van der Waals surface area contributed by atoms with Gasteiger partial charge in [-0.2, -0.15) is 0 Å². The Morgan fingerprint density at radius 3 is 2.61 bits per heavy atom. The van der Waals surface area contributed by atoms with Gasteiger partial charge in [-0.3, -0.25) is 5.01 Å². The zero-order chi connectivity index (χ0) is 13.2. The highest BCUT2D eigenvalue weighted by Crippen LogP contribution is 2.11. The first-order valence-electron chi connectivity index (χ1n) is 6.53. The second-order valence-corrected chi connectivity index (χ2v) is 4.59. The summed E-state index contributed by atoms with van der Waals surface area (Å²) in [6, 6.07) is 10.0. The molecule has 18 heavy (non-hydrogen) atoms. The maximum Gasteiger partial charge on any atom is 0.0524 e. The second-order valence-electron chi connectivity index (χ2n) is 4.59. The summed E-state index contributed by atoms with van der Waals surface area (Å²) in [5.41, 5.74) is 1.18. The van der Waals surface area contributed by atoms with E-state index in [1.807, 2.05) is 30.3 Å². The molecular formula is C14H22N2O2. The Labute approximate surface area is 109 Å². The number of benzene rings is 1. The molecule has 0 heterocycles. The van der Waals surface area contributed by atoms with E-state index in [-0.39, 0.29) is 12.5 Å². The Balaban J connectivity index is 2.47. The number of hydrogen-bond donors (Lipinski definition) is 1. The van der Waals surface area contributed by atoms with Crippen LogP contribution in [0.2, 0.25) is 0 Å². The molecule has 0 aliphatic carbocycles. The number of unbranched alkanes of at least 4 members (excludes halogenated alkanes) is 1. The van der Waals surface area contributed by atoms with Gasteiger partial charge in [0.1, 0.15) is 0 Å². The van der Waals surface area contributed by atoms with E-state index < -0.39 is 0 Å². The highest BCUT2D eigenvalue weighted by Gasteiger charge is 2.13. The molecule has 4 heteroatoms. The summed E-state index contributed by atoms with van der Waals surface area (Å²) in [6.07, 6.45) is 2.76. The fourth-order valence-corrected chi connectivity index (χ4v) is 1.94. The van der Waals surface area contributed by atoms with Crippen molar-refractivity contribution in [3.8, 4) is 0 Å². The number of aliphatic hydroxyl groups excluding tert-OH is 1. The maximum atomic E-state index is 10.7. The van der Waals surface area contributed by atoms with Crippen molar-refractivity contribution in [1.82, 2.24) is 5.01 Å². The van der Waals surface area contributed by atoms with E-state index >= 15 is 0 Å². The first-order chi connectivity index (χ1) is 8.80. The van der Waals surface area contributed by atoms with Crippen LogP contribution in [0.1, 0.15) is 25.3 Å². The van der Waals surface area contributed by atoms with Gasteiger partial charge in [-0.1, -0.05) is 43.7 Å². The van der Waals surface area contributed by atoms with Gasteiger partial charge in [-0.15, -0.1) is 4.91 Å². The monoisotopic (exact) mass is 250 g/mol. The lowest BCUT2D eigenvalue weighted by Crippen LogP contribution is -2.28. The van der Waals surface area contributed by atoms with E-state index in [1.165, 1.54) is 10.6 Å². The predicted octanol–water partition coefficient (Wildman–Crippen LogP) is 2.62. The topological polar surface area (TPSA) is 52.9 Å². The van der Waals surface area contributed by atoms with Gasteiger partial charge in [0.15, 0.2) is 0 Å². The molecule has 0 saturated heterocycles. The molecule has 0 aromatic heterocycles. The normalized spacial score (nSPS) is 12.1. The SMILES string of the molecule is CCCCN(CC(CO)Cc1ccccc1)N=O. The molecule has 1 N–H and O–H groups in total. The number of aliphatic hydroxyl groups is 1. The Kier molecular flexibility index (Phi) is 7.03. The second kappa shape index (κ2) is 8.64. The zero-order valence-electron chi connectivity index (χ0n) is 11.0. The van der Waals surface area contributed by atoms with Crippen molar-refractivity contribution in [2.75, 3.05) is 19.7 Å². The molecule has 1 atom stereocenters. The summed E-state index contributed by atoms with van der Waals surface area (Å²) in [4.78, 5) is 10.7. The van der Waals surface area contributed by atoms with Crippen LogP contribution in [0.4, 0.5) is 0 Å². The standard InChI is InChI=1S/C14H22N2O2/c1-2-3-9-16(15-18)11-14(12-17)10-13-7-5-4-6-8-13/h4-8,14,17H,2-3,9-12H2,1H3. The van der Waals surface area contributed by atoms with E-state index in [0.717, 1.165) is 19.3 Å². The number of hydrogen-bond acceptors (Lipinski definition) is 3. The molecule has 0 aliphatic rings. The molecule has 1 rings (SSSR count). The highest BCUT2D eigenvalue weighted by molar-refractivity contribution is 5.15. The van der Waals surface area contributed by atoms with Crippen LogP contribution in [0, 0.1) is 10.8 Å². The van der Waals surface area contributed by atoms with Crippen LogP contribution in [0.15, 0.2) is 35.6 Å². The van der Waals surface area contributed by atoms with Gasteiger partial charge in [0.25, 0.3) is 0 Å². The molecule has 0 fully saturated rings. The number of rotatable bonds is 9. The first kappa shape index (κ1) is 14.6. The molecule has 1 aromatic carbocycles. The van der Waals surface area contributed by atoms with Crippen molar-refractivity contribution in [2.24, 2.45) is 11.2 Å². The molecule has 0 spiro atoms. The smallest absolute Gasteiger partial charge is 0.0524 e. The van der Waals surface area contributed by atoms with Gasteiger partial charge in [-0.05, 0) is 18.4 Å². The number of nitrogens with zero attached hydrogens (tertiary/aromatic N) is 2.